The average Bonchev–Trinajstić information content (AvgIpc) is 2.39. The molecule has 0 radical (unpaired) electrons. The Balaban J connectivity index is 2.34. The fourth-order valence-corrected chi connectivity index (χ4v) is 1.55. The van der Waals surface area contributed by atoms with Crippen molar-refractivity contribution in [1.82, 2.24) is 0 Å². The van der Waals surface area contributed by atoms with Crippen LogP contribution in [0.3, 0.4) is 0 Å². The van der Waals surface area contributed by atoms with Crippen LogP contribution in [-0.4, -0.2) is 10.8 Å². The van der Waals surface area contributed by atoms with Crippen molar-refractivity contribution in [2.24, 2.45) is 5.73 Å². The molecule has 19 heavy (non-hydrogen) atoms. The fraction of sp³-hybridized carbons (Fsp3) is 0. The van der Waals surface area contributed by atoms with Gasteiger partial charge in [0.05, 0.1) is 4.92 Å². The molecule has 0 amide bonds. The molecule has 0 spiro atoms. The molecule has 0 fully saturated rings. The van der Waals surface area contributed by atoms with Gasteiger partial charge in [0.25, 0.3) is 0 Å². The second-order valence-electron chi connectivity index (χ2n) is 3.77. The molecule has 0 aromatic heterocycles. The number of nitrogen functional groups attached to an aromatic ring is 1. The van der Waals surface area contributed by atoms with Crippen LogP contribution in [0, 0.1) is 15.5 Å². The summed E-state index contributed by atoms with van der Waals surface area (Å²) in [6.45, 7) is 0. The summed E-state index contributed by atoms with van der Waals surface area (Å²) >= 11 is 0. The number of nitro groups is 1. The zero-order valence-corrected chi connectivity index (χ0v) is 9.87. The van der Waals surface area contributed by atoms with Crippen LogP contribution in [0.15, 0.2) is 48.5 Å². The van der Waals surface area contributed by atoms with Crippen LogP contribution in [0.4, 0.5) is 5.69 Å². The summed E-state index contributed by atoms with van der Waals surface area (Å²) < 4.78 is 5.47. The van der Waals surface area contributed by atoms with Gasteiger partial charge in [0.15, 0.2) is 0 Å². The van der Waals surface area contributed by atoms with Crippen molar-refractivity contribution in [2.75, 3.05) is 0 Å². The van der Waals surface area contributed by atoms with Gasteiger partial charge in [-0.25, -0.2) is 0 Å². The van der Waals surface area contributed by atoms with Crippen LogP contribution < -0.4 is 10.5 Å². The molecule has 2 aromatic carbocycles. The molecule has 2 aromatic rings. The van der Waals surface area contributed by atoms with Crippen LogP contribution in [-0.2, 0) is 0 Å². The van der Waals surface area contributed by atoms with Gasteiger partial charge < -0.3 is 10.5 Å². The van der Waals surface area contributed by atoms with E-state index in [0.717, 1.165) is 0 Å². The van der Waals surface area contributed by atoms with Gasteiger partial charge in [0.2, 0.25) is 5.75 Å². The van der Waals surface area contributed by atoms with Gasteiger partial charge >= 0.3 is 5.69 Å². The lowest BCUT2D eigenvalue weighted by Crippen LogP contribution is -2.10. The zero-order valence-electron chi connectivity index (χ0n) is 9.87. The number of rotatable bonds is 4. The lowest BCUT2D eigenvalue weighted by molar-refractivity contribution is -0.385. The van der Waals surface area contributed by atoms with Gasteiger partial charge in [-0.05, 0) is 18.2 Å². The van der Waals surface area contributed by atoms with Crippen LogP contribution in [0.2, 0.25) is 0 Å². The molecule has 0 atom stereocenters. The molecule has 0 unspecified atom stereocenters. The van der Waals surface area contributed by atoms with Gasteiger partial charge in [-0.15, -0.1) is 0 Å². The summed E-state index contributed by atoms with van der Waals surface area (Å²) in [6, 6.07) is 12.6. The molecular weight excluding hydrogens is 246 g/mol. The summed E-state index contributed by atoms with van der Waals surface area (Å²) in [7, 11) is 0. The van der Waals surface area contributed by atoms with E-state index in [4.69, 9.17) is 15.9 Å². The van der Waals surface area contributed by atoms with Gasteiger partial charge in [-0.3, -0.25) is 15.5 Å². The highest BCUT2D eigenvalue weighted by Crippen LogP contribution is 2.30. The Hall–Kier alpha value is -2.89. The minimum absolute atomic E-state index is 0.0898. The number of nitro benzene ring substituents is 1. The van der Waals surface area contributed by atoms with E-state index >= 15 is 0 Å². The number of amidine groups is 1. The molecule has 3 N–H and O–H groups in total. The maximum absolute atomic E-state index is 10.9. The Bertz CT molecular complexity index is 641. The Morgan fingerprint density at radius 2 is 1.95 bits per heavy atom. The zero-order chi connectivity index (χ0) is 13.8. The van der Waals surface area contributed by atoms with E-state index in [1.807, 2.05) is 0 Å². The predicted molar refractivity (Wildman–Crippen MR) is 70.6 cm³/mol. The van der Waals surface area contributed by atoms with Gasteiger partial charge in [0, 0.05) is 11.6 Å². The number of benzene rings is 2. The first-order chi connectivity index (χ1) is 9.08. The van der Waals surface area contributed by atoms with E-state index in [2.05, 4.69) is 0 Å². The predicted octanol–water partition coefficient (Wildman–Crippen LogP) is 2.67. The molecule has 0 heterocycles. The highest BCUT2D eigenvalue weighted by atomic mass is 16.6. The van der Waals surface area contributed by atoms with E-state index < -0.39 is 4.92 Å². The summed E-state index contributed by atoms with van der Waals surface area (Å²) in [6.07, 6.45) is 0. The largest absolute Gasteiger partial charge is 0.450 e. The van der Waals surface area contributed by atoms with Crippen molar-refractivity contribution in [3.05, 3.63) is 64.2 Å². The van der Waals surface area contributed by atoms with Gasteiger partial charge in [-0.1, -0.05) is 24.3 Å². The van der Waals surface area contributed by atoms with E-state index in [-0.39, 0.29) is 17.3 Å². The number of nitrogens with two attached hydrogens (primary N) is 1. The maximum atomic E-state index is 10.9. The molecule has 6 nitrogen and oxygen atoms in total. The monoisotopic (exact) mass is 257 g/mol. The molecule has 2 rings (SSSR count). The summed E-state index contributed by atoms with van der Waals surface area (Å²) in [4.78, 5) is 10.3. The number of nitrogens with one attached hydrogen (secondary N) is 1. The van der Waals surface area contributed by atoms with Crippen molar-refractivity contribution >= 4 is 11.5 Å². The first kappa shape index (κ1) is 12.6. The number of hydrogen-bond donors (Lipinski definition) is 2. The summed E-state index contributed by atoms with van der Waals surface area (Å²) in [5, 5.41) is 18.2. The fourth-order valence-electron chi connectivity index (χ4n) is 1.55. The Kier molecular flexibility index (Phi) is 3.42. The lowest BCUT2D eigenvalue weighted by atomic mass is 10.2. The molecular formula is C13H11N3O3. The van der Waals surface area contributed by atoms with Gasteiger partial charge in [-0.2, -0.15) is 0 Å². The van der Waals surface area contributed by atoms with Crippen LogP contribution in [0.25, 0.3) is 0 Å². The van der Waals surface area contributed by atoms with E-state index in [9.17, 15) is 10.1 Å². The molecule has 6 heteroatoms. The van der Waals surface area contributed by atoms with Crippen LogP contribution in [0.1, 0.15) is 5.56 Å². The minimum Gasteiger partial charge on any atom is -0.450 e. The Labute approximate surface area is 109 Å². The number of nitrogens with zero attached hydrogens (tertiary/aromatic N) is 1. The Morgan fingerprint density at radius 3 is 2.63 bits per heavy atom. The summed E-state index contributed by atoms with van der Waals surface area (Å²) in [5.41, 5.74) is 5.75. The maximum Gasteiger partial charge on any atom is 0.311 e. The summed E-state index contributed by atoms with van der Waals surface area (Å²) in [5.74, 6) is 0.447. The van der Waals surface area contributed by atoms with E-state index in [1.165, 1.54) is 12.1 Å². The number of para-hydroxylation sites is 2. The highest BCUT2D eigenvalue weighted by Gasteiger charge is 2.14. The first-order valence-electron chi connectivity index (χ1n) is 5.43. The molecule has 0 aliphatic rings. The number of ether oxygens (including phenoxy) is 1. The van der Waals surface area contributed by atoms with E-state index in [0.29, 0.717) is 11.3 Å². The molecule has 0 aliphatic heterocycles. The Morgan fingerprint density at radius 1 is 1.21 bits per heavy atom. The van der Waals surface area contributed by atoms with Gasteiger partial charge in [0.1, 0.15) is 11.6 Å². The number of hydrogen-bond acceptors (Lipinski definition) is 4. The minimum atomic E-state index is -0.510. The van der Waals surface area contributed by atoms with Crippen LogP contribution in [0.5, 0.6) is 11.5 Å². The highest BCUT2D eigenvalue weighted by molar-refractivity contribution is 5.95. The topological polar surface area (TPSA) is 102 Å². The third-order valence-corrected chi connectivity index (χ3v) is 2.43. The normalized spacial score (nSPS) is 9.89. The quantitative estimate of drug-likeness (QED) is 0.380. The second kappa shape index (κ2) is 5.18. The molecule has 0 saturated carbocycles. The van der Waals surface area contributed by atoms with Crippen molar-refractivity contribution in [3.8, 4) is 11.5 Å². The first-order valence-corrected chi connectivity index (χ1v) is 5.43. The van der Waals surface area contributed by atoms with Crippen LogP contribution >= 0.6 is 0 Å². The second-order valence-corrected chi connectivity index (χ2v) is 3.77. The molecule has 96 valence electrons. The molecule has 0 aliphatic carbocycles. The van der Waals surface area contributed by atoms with Crippen molar-refractivity contribution in [3.63, 3.8) is 0 Å². The standard InChI is InChI=1S/C13H11N3O3/c14-13(15)9-4-3-5-10(8-9)19-12-7-2-1-6-11(12)16(17)18/h1-8H,(H3,14,15). The average molecular weight is 257 g/mol. The van der Waals surface area contributed by atoms with Crippen molar-refractivity contribution in [1.29, 1.82) is 5.41 Å². The third-order valence-electron chi connectivity index (χ3n) is 2.43. The third kappa shape index (κ3) is 2.86. The molecule has 0 bridgehead atoms. The smallest absolute Gasteiger partial charge is 0.311 e. The molecule has 0 saturated heterocycles. The van der Waals surface area contributed by atoms with E-state index in [1.54, 1.807) is 36.4 Å². The lowest BCUT2D eigenvalue weighted by Gasteiger charge is -2.07. The van der Waals surface area contributed by atoms with Crippen molar-refractivity contribution < 1.29 is 9.66 Å². The SMILES string of the molecule is N=C(N)c1cccc(Oc2ccccc2[N+](=O)[O-])c1. The van der Waals surface area contributed by atoms with Crippen molar-refractivity contribution in [2.45, 2.75) is 0 Å².